The molecule has 0 amide bonds. The van der Waals surface area contributed by atoms with Gasteiger partial charge in [-0.2, -0.15) is 0 Å². The van der Waals surface area contributed by atoms with Crippen molar-refractivity contribution in [3.05, 3.63) is 20.3 Å². The maximum Gasteiger partial charge on any atom is 0.332 e. The average molecular weight is 322 g/mol. The Balaban J connectivity index is 2.37. The Bertz CT molecular complexity index is 381. The van der Waals surface area contributed by atoms with Gasteiger partial charge in [0, 0.05) is 14.2 Å². The number of nitrogens with two attached hydrogens (primary N) is 1. The number of halogens is 1. The molecule has 0 radical (unpaired) electrons. The number of carbonyl (C=O) groups excluding carboxylic acids is 1. The Labute approximate surface area is 113 Å². The summed E-state index contributed by atoms with van der Waals surface area (Å²) in [7, 11) is 0. The van der Waals surface area contributed by atoms with Crippen LogP contribution >= 0.6 is 27.3 Å². The molecule has 0 fully saturated rings. The van der Waals surface area contributed by atoms with E-state index in [2.05, 4.69) is 15.9 Å². The van der Waals surface area contributed by atoms with Gasteiger partial charge < -0.3 is 15.2 Å². The molecule has 17 heavy (non-hydrogen) atoms. The lowest BCUT2D eigenvalue weighted by atomic mass is 10.3. The third-order valence-corrected chi connectivity index (χ3v) is 4.10. The summed E-state index contributed by atoms with van der Waals surface area (Å²) in [5, 5.41) is 0. The van der Waals surface area contributed by atoms with Gasteiger partial charge in [0.15, 0.2) is 0 Å². The minimum Gasteiger partial charge on any atom is -0.464 e. The molecule has 2 N–H and O–H groups in total. The molecule has 4 nitrogen and oxygen atoms in total. The molecule has 1 aromatic heterocycles. The van der Waals surface area contributed by atoms with E-state index in [0.717, 1.165) is 9.35 Å². The summed E-state index contributed by atoms with van der Waals surface area (Å²) < 4.78 is 11.0. The second kappa shape index (κ2) is 7.10. The van der Waals surface area contributed by atoms with Gasteiger partial charge in [-0.3, -0.25) is 0 Å². The molecule has 0 bridgehead atoms. The lowest BCUT2D eigenvalue weighted by molar-refractivity contribution is -0.148. The number of esters is 1. The number of ether oxygens (including phenoxy) is 2. The highest BCUT2D eigenvalue weighted by Gasteiger charge is 2.14. The monoisotopic (exact) mass is 321 g/mol. The summed E-state index contributed by atoms with van der Waals surface area (Å²) in [6.45, 7) is 4.39. The van der Waals surface area contributed by atoms with Crippen molar-refractivity contribution in [2.75, 3.05) is 19.8 Å². The maximum atomic E-state index is 11.0. The van der Waals surface area contributed by atoms with Crippen LogP contribution in [0.15, 0.2) is 10.5 Å². The molecule has 1 heterocycles. The second-order valence-electron chi connectivity index (χ2n) is 3.50. The van der Waals surface area contributed by atoms with Crippen LogP contribution in [0, 0.1) is 6.92 Å². The van der Waals surface area contributed by atoms with E-state index >= 15 is 0 Å². The van der Waals surface area contributed by atoms with Crippen molar-refractivity contribution in [2.45, 2.75) is 19.9 Å². The van der Waals surface area contributed by atoms with Crippen molar-refractivity contribution < 1.29 is 14.3 Å². The lowest BCUT2D eigenvalue weighted by Gasteiger charge is -2.10. The zero-order valence-corrected chi connectivity index (χ0v) is 12.3. The van der Waals surface area contributed by atoms with E-state index in [-0.39, 0.29) is 18.6 Å². The molecule has 0 spiro atoms. The van der Waals surface area contributed by atoms with Crippen LogP contribution in [0.3, 0.4) is 0 Å². The van der Waals surface area contributed by atoms with Gasteiger partial charge in [-0.25, -0.2) is 4.79 Å². The van der Waals surface area contributed by atoms with E-state index in [1.807, 2.05) is 13.0 Å². The zero-order chi connectivity index (χ0) is 12.8. The zero-order valence-electron chi connectivity index (χ0n) is 9.86. The molecule has 1 unspecified atom stereocenters. The van der Waals surface area contributed by atoms with Gasteiger partial charge in [0.05, 0.1) is 19.3 Å². The Morgan fingerprint density at radius 3 is 2.88 bits per heavy atom. The minimum atomic E-state index is -0.360. The molecule has 1 atom stereocenters. The first-order valence-corrected chi connectivity index (χ1v) is 6.90. The highest BCUT2D eigenvalue weighted by molar-refractivity contribution is 9.10. The van der Waals surface area contributed by atoms with Crippen LogP contribution in [0.5, 0.6) is 0 Å². The number of carbonyl (C=O) groups is 1. The Kier molecular flexibility index (Phi) is 6.11. The molecule has 0 aliphatic rings. The number of rotatable bonds is 6. The molecule has 1 aromatic rings. The van der Waals surface area contributed by atoms with Crippen LogP contribution in [-0.2, 0) is 14.3 Å². The summed E-state index contributed by atoms with van der Waals surface area (Å²) in [4.78, 5) is 13.3. The fourth-order valence-corrected chi connectivity index (χ4v) is 3.23. The Hall–Kier alpha value is -0.430. The quantitative estimate of drug-likeness (QED) is 0.817. The first-order valence-electron chi connectivity index (χ1n) is 5.29. The maximum absolute atomic E-state index is 11.0. The fourth-order valence-electron chi connectivity index (χ4n) is 1.30. The molecular formula is C11H16BrNO3S. The molecule has 6 heteroatoms. The van der Waals surface area contributed by atoms with Crippen LogP contribution < -0.4 is 5.73 Å². The smallest absolute Gasteiger partial charge is 0.332 e. The molecule has 96 valence electrons. The summed E-state index contributed by atoms with van der Waals surface area (Å²) in [5.74, 6) is -0.360. The predicted octanol–water partition coefficient (Wildman–Crippen LogP) is 2.40. The van der Waals surface area contributed by atoms with Crippen molar-refractivity contribution in [3.8, 4) is 0 Å². The van der Waals surface area contributed by atoms with Crippen LogP contribution in [-0.4, -0.2) is 25.8 Å². The number of thiophene rings is 1. The molecule has 0 saturated carbocycles. The fraction of sp³-hybridized carbons (Fsp3) is 0.545. The predicted molar refractivity (Wildman–Crippen MR) is 71.1 cm³/mol. The van der Waals surface area contributed by atoms with Crippen LogP contribution in [0.4, 0.5) is 0 Å². The third-order valence-electron chi connectivity index (χ3n) is 2.00. The summed E-state index contributed by atoms with van der Waals surface area (Å²) in [6, 6.07) is 1.79. The number of hydrogen-bond acceptors (Lipinski definition) is 5. The highest BCUT2D eigenvalue weighted by Crippen LogP contribution is 2.31. The molecular weight excluding hydrogens is 306 g/mol. The first-order chi connectivity index (χ1) is 8.04. The van der Waals surface area contributed by atoms with Crippen molar-refractivity contribution in [2.24, 2.45) is 5.73 Å². The van der Waals surface area contributed by atoms with E-state index in [1.54, 1.807) is 18.3 Å². The van der Waals surface area contributed by atoms with Crippen molar-refractivity contribution >= 4 is 33.2 Å². The Morgan fingerprint density at radius 1 is 1.65 bits per heavy atom. The van der Waals surface area contributed by atoms with E-state index in [9.17, 15) is 4.79 Å². The minimum absolute atomic E-state index is 0.0521. The molecule has 0 saturated heterocycles. The SMILES string of the molecule is CCOC(=O)COCC(N)c1sc(C)cc1Br. The summed E-state index contributed by atoms with van der Waals surface area (Å²) >= 11 is 5.07. The van der Waals surface area contributed by atoms with Gasteiger partial charge in [0.2, 0.25) is 0 Å². The molecule has 0 aromatic carbocycles. The lowest BCUT2D eigenvalue weighted by Crippen LogP contribution is -2.20. The summed E-state index contributed by atoms with van der Waals surface area (Å²) in [6.07, 6.45) is 0. The van der Waals surface area contributed by atoms with Gasteiger partial charge in [-0.1, -0.05) is 0 Å². The van der Waals surface area contributed by atoms with Gasteiger partial charge in [-0.15, -0.1) is 11.3 Å². The van der Waals surface area contributed by atoms with Gasteiger partial charge in [-0.05, 0) is 35.8 Å². The largest absolute Gasteiger partial charge is 0.464 e. The molecule has 1 rings (SSSR count). The molecule has 0 aliphatic heterocycles. The van der Waals surface area contributed by atoms with Crippen LogP contribution in [0.1, 0.15) is 22.7 Å². The normalized spacial score (nSPS) is 12.5. The van der Waals surface area contributed by atoms with E-state index in [4.69, 9.17) is 15.2 Å². The Morgan fingerprint density at radius 2 is 2.35 bits per heavy atom. The van der Waals surface area contributed by atoms with E-state index in [1.165, 1.54) is 4.88 Å². The first kappa shape index (κ1) is 14.6. The van der Waals surface area contributed by atoms with Crippen molar-refractivity contribution in [1.29, 1.82) is 0 Å². The second-order valence-corrected chi connectivity index (χ2v) is 5.64. The average Bonchev–Trinajstić information content (AvgIpc) is 2.58. The third kappa shape index (κ3) is 4.75. The van der Waals surface area contributed by atoms with E-state index in [0.29, 0.717) is 13.2 Å². The molecule has 0 aliphatic carbocycles. The van der Waals surface area contributed by atoms with Crippen molar-refractivity contribution in [1.82, 2.24) is 0 Å². The summed E-state index contributed by atoms with van der Waals surface area (Å²) in [5.41, 5.74) is 5.97. The van der Waals surface area contributed by atoms with Gasteiger partial charge >= 0.3 is 5.97 Å². The topological polar surface area (TPSA) is 61.5 Å². The highest BCUT2D eigenvalue weighted by atomic mass is 79.9. The van der Waals surface area contributed by atoms with Crippen molar-refractivity contribution in [3.63, 3.8) is 0 Å². The standard InChI is InChI=1S/C11H16BrNO3S/c1-3-16-10(14)6-15-5-9(13)11-8(12)4-7(2)17-11/h4,9H,3,5-6,13H2,1-2H3. The van der Waals surface area contributed by atoms with E-state index < -0.39 is 0 Å². The van der Waals surface area contributed by atoms with Crippen LogP contribution in [0.25, 0.3) is 0 Å². The van der Waals surface area contributed by atoms with Gasteiger partial charge in [0.25, 0.3) is 0 Å². The van der Waals surface area contributed by atoms with Gasteiger partial charge in [0.1, 0.15) is 6.61 Å². The number of hydrogen-bond donors (Lipinski definition) is 1. The van der Waals surface area contributed by atoms with Crippen LogP contribution in [0.2, 0.25) is 0 Å². The number of aryl methyl sites for hydroxylation is 1.